The quantitative estimate of drug-likeness (QED) is 0.419. The third-order valence-electron chi connectivity index (χ3n) is 4.63. The predicted molar refractivity (Wildman–Crippen MR) is 114 cm³/mol. The van der Waals surface area contributed by atoms with Crippen LogP contribution in [0.25, 0.3) is 11.0 Å². The fraction of sp³-hybridized carbons (Fsp3) is 0.318. The van der Waals surface area contributed by atoms with Crippen molar-refractivity contribution < 1.29 is 9.47 Å². The SMILES string of the molecule is C=CCn1c(CNCc2ccc3c(c2)OCO3)nc2ccc(SCCC)cc21. The maximum absolute atomic E-state index is 5.45. The van der Waals surface area contributed by atoms with Crippen molar-refractivity contribution in [2.75, 3.05) is 12.5 Å². The molecule has 0 atom stereocenters. The number of ether oxygens (including phenoxy) is 2. The van der Waals surface area contributed by atoms with Crippen LogP contribution in [0.1, 0.15) is 24.7 Å². The molecule has 2 aromatic carbocycles. The summed E-state index contributed by atoms with van der Waals surface area (Å²) in [5.74, 6) is 3.78. The van der Waals surface area contributed by atoms with Crippen molar-refractivity contribution in [2.24, 2.45) is 0 Å². The molecule has 1 aromatic heterocycles. The van der Waals surface area contributed by atoms with Crippen molar-refractivity contribution >= 4 is 22.8 Å². The number of nitrogens with one attached hydrogen (secondary N) is 1. The number of fused-ring (bicyclic) bond motifs is 2. The van der Waals surface area contributed by atoms with Crippen LogP contribution in [0.4, 0.5) is 0 Å². The second kappa shape index (κ2) is 8.71. The summed E-state index contributed by atoms with van der Waals surface area (Å²) in [6.07, 6.45) is 3.10. The van der Waals surface area contributed by atoms with Crippen molar-refractivity contribution in [3.8, 4) is 11.5 Å². The van der Waals surface area contributed by atoms with Gasteiger partial charge in [0.05, 0.1) is 17.6 Å². The van der Waals surface area contributed by atoms with Gasteiger partial charge in [-0.15, -0.1) is 18.3 Å². The number of aromatic nitrogens is 2. The average molecular weight is 396 g/mol. The van der Waals surface area contributed by atoms with Gasteiger partial charge in [-0.05, 0) is 48.1 Å². The van der Waals surface area contributed by atoms with Crippen LogP contribution < -0.4 is 14.8 Å². The number of hydrogen-bond donors (Lipinski definition) is 1. The van der Waals surface area contributed by atoms with Gasteiger partial charge in [0, 0.05) is 18.0 Å². The second-order valence-corrected chi connectivity index (χ2v) is 7.89. The van der Waals surface area contributed by atoms with E-state index in [0.717, 1.165) is 47.2 Å². The van der Waals surface area contributed by atoms with Gasteiger partial charge in [0.25, 0.3) is 0 Å². The topological polar surface area (TPSA) is 48.3 Å². The van der Waals surface area contributed by atoms with E-state index in [4.69, 9.17) is 14.5 Å². The largest absolute Gasteiger partial charge is 0.454 e. The lowest BCUT2D eigenvalue weighted by atomic mass is 10.2. The Morgan fingerprint density at radius 3 is 2.93 bits per heavy atom. The van der Waals surface area contributed by atoms with E-state index in [1.807, 2.05) is 30.0 Å². The number of thioether (sulfide) groups is 1. The van der Waals surface area contributed by atoms with Crippen LogP contribution in [0.15, 0.2) is 53.9 Å². The lowest BCUT2D eigenvalue weighted by molar-refractivity contribution is 0.174. The second-order valence-electron chi connectivity index (χ2n) is 6.72. The summed E-state index contributed by atoms with van der Waals surface area (Å²) in [6, 6.07) is 12.6. The van der Waals surface area contributed by atoms with Crippen LogP contribution in [-0.4, -0.2) is 22.1 Å². The molecule has 4 rings (SSSR count). The van der Waals surface area contributed by atoms with Crippen LogP contribution in [-0.2, 0) is 19.6 Å². The molecule has 146 valence electrons. The number of imidazole rings is 1. The summed E-state index contributed by atoms with van der Waals surface area (Å²) < 4.78 is 13.1. The van der Waals surface area contributed by atoms with Gasteiger partial charge >= 0.3 is 0 Å². The zero-order chi connectivity index (χ0) is 19.3. The highest BCUT2D eigenvalue weighted by molar-refractivity contribution is 7.99. The Morgan fingerprint density at radius 1 is 1.18 bits per heavy atom. The fourth-order valence-corrected chi connectivity index (χ4v) is 4.10. The van der Waals surface area contributed by atoms with Crippen molar-refractivity contribution in [1.82, 2.24) is 14.9 Å². The summed E-state index contributed by atoms with van der Waals surface area (Å²) in [7, 11) is 0. The monoisotopic (exact) mass is 395 g/mol. The minimum absolute atomic E-state index is 0.302. The third-order valence-corrected chi connectivity index (χ3v) is 5.83. The minimum Gasteiger partial charge on any atom is -0.454 e. The Kier molecular flexibility index (Phi) is 5.88. The number of nitrogens with zero attached hydrogens (tertiary/aromatic N) is 2. The zero-order valence-corrected chi connectivity index (χ0v) is 16.9. The molecule has 28 heavy (non-hydrogen) atoms. The molecular weight excluding hydrogens is 370 g/mol. The molecule has 0 unspecified atom stereocenters. The molecule has 1 N–H and O–H groups in total. The lowest BCUT2D eigenvalue weighted by Crippen LogP contribution is -2.16. The molecule has 3 aromatic rings. The number of rotatable bonds is 9. The Bertz CT molecular complexity index is 983. The van der Waals surface area contributed by atoms with Crippen molar-refractivity contribution in [3.63, 3.8) is 0 Å². The first-order valence-corrected chi connectivity index (χ1v) is 10.6. The molecule has 1 aliphatic heterocycles. The van der Waals surface area contributed by atoms with Gasteiger partial charge in [-0.1, -0.05) is 19.1 Å². The highest BCUT2D eigenvalue weighted by Gasteiger charge is 2.14. The molecule has 0 saturated heterocycles. The summed E-state index contributed by atoms with van der Waals surface area (Å²) in [5.41, 5.74) is 3.36. The summed E-state index contributed by atoms with van der Waals surface area (Å²) >= 11 is 1.89. The smallest absolute Gasteiger partial charge is 0.231 e. The maximum Gasteiger partial charge on any atom is 0.231 e. The molecule has 6 heteroatoms. The van der Waals surface area contributed by atoms with E-state index in [1.54, 1.807) is 0 Å². The van der Waals surface area contributed by atoms with Crippen molar-refractivity contribution in [1.29, 1.82) is 0 Å². The molecule has 5 nitrogen and oxygen atoms in total. The Morgan fingerprint density at radius 2 is 2.07 bits per heavy atom. The number of hydrogen-bond acceptors (Lipinski definition) is 5. The van der Waals surface area contributed by atoms with Gasteiger partial charge in [0.1, 0.15) is 5.82 Å². The van der Waals surface area contributed by atoms with Crippen LogP contribution in [0.3, 0.4) is 0 Å². The van der Waals surface area contributed by atoms with Gasteiger partial charge in [-0.2, -0.15) is 0 Å². The molecule has 0 saturated carbocycles. The molecular formula is C22H25N3O2S. The maximum atomic E-state index is 5.45. The van der Waals surface area contributed by atoms with E-state index in [-0.39, 0.29) is 0 Å². The Labute approximate surface area is 169 Å². The van der Waals surface area contributed by atoms with Gasteiger partial charge in [-0.3, -0.25) is 0 Å². The van der Waals surface area contributed by atoms with E-state index in [1.165, 1.54) is 16.8 Å². The standard InChI is InChI=1S/C22H25N3O2S/c1-3-9-25-19-12-17(28-10-4-2)6-7-18(19)24-22(25)14-23-13-16-5-8-20-21(11-16)27-15-26-20/h3,5-8,11-12,23H,1,4,9-10,13-15H2,2H3. The molecule has 0 radical (unpaired) electrons. The first kappa shape index (κ1) is 18.9. The third kappa shape index (κ3) is 4.03. The van der Waals surface area contributed by atoms with E-state index in [0.29, 0.717) is 13.3 Å². The van der Waals surface area contributed by atoms with Crippen LogP contribution in [0.2, 0.25) is 0 Å². The predicted octanol–water partition coefficient (Wildman–Crippen LogP) is 4.74. The van der Waals surface area contributed by atoms with Crippen molar-refractivity contribution in [2.45, 2.75) is 37.9 Å². The van der Waals surface area contributed by atoms with Gasteiger partial charge < -0.3 is 19.4 Å². The molecule has 1 aliphatic rings. The molecule has 0 bridgehead atoms. The van der Waals surface area contributed by atoms with E-state index in [2.05, 4.69) is 47.7 Å². The van der Waals surface area contributed by atoms with Crippen molar-refractivity contribution in [3.05, 3.63) is 60.4 Å². The molecule has 0 aliphatic carbocycles. The first-order valence-electron chi connectivity index (χ1n) is 9.60. The molecule has 2 heterocycles. The van der Waals surface area contributed by atoms with Gasteiger partial charge in [-0.25, -0.2) is 4.98 Å². The van der Waals surface area contributed by atoms with E-state index >= 15 is 0 Å². The van der Waals surface area contributed by atoms with Crippen LogP contribution >= 0.6 is 11.8 Å². The summed E-state index contributed by atoms with van der Waals surface area (Å²) in [5, 5.41) is 3.50. The first-order chi connectivity index (χ1) is 13.8. The Hall–Kier alpha value is -2.44. The lowest BCUT2D eigenvalue weighted by Gasteiger charge is -2.09. The van der Waals surface area contributed by atoms with Gasteiger partial charge in [0.15, 0.2) is 11.5 Å². The van der Waals surface area contributed by atoms with Crippen LogP contribution in [0.5, 0.6) is 11.5 Å². The normalized spacial score (nSPS) is 12.6. The highest BCUT2D eigenvalue weighted by atomic mass is 32.2. The number of allylic oxidation sites excluding steroid dienone is 1. The molecule has 0 amide bonds. The zero-order valence-electron chi connectivity index (χ0n) is 16.1. The number of benzene rings is 2. The summed E-state index contributed by atoms with van der Waals surface area (Å²) in [6.45, 7) is 8.60. The van der Waals surface area contributed by atoms with E-state index in [9.17, 15) is 0 Å². The average Bonchev–Trinajstić information content (AvgIpc) is 3.31. The van der Waals surface area contributed by atoms with Crippen LogP contribution in [0, 0.1) is 0 Å². The molecule has 0 fully saturated rings. The fourth-order valence-electron chi connectivity index (χ4n) is 3.30. The minimum atomic E-state index is 0.302. The highest BCUT2D eigenvalue weighted by Crippen LogP contribution is 2.32. The summed E-state index contributed by atoms with van der Waals surface area (Å²) in [4.78, 5) is 6.13. The van der Waals surface area contributed by atoms with E-state index < -0.39 is 0 Å². The van der Waals surface area contributed by atoms with Gasteiger partial charge in [0.2, 0.25) is 6.79 Å². The Balaban J connectivity index is 1.49. The molecule has 0 spiro atoms.